The van der Waals surface area contributed by atoms with Crippen LogP contribution in [0, 0.1) is 5.82 Å². The number of methoxy groups -OCH3 is 4. The van der Waals surface area contributed by atoms with Crippen molar-refractivity contribution in [2.24, 2.45) is 0 Å². The van der Waals surface area contributed by atoms with Crippen LogP contribution in [-0.4, -0.2) is 64.4 Å². The maximum Gasteiger partial charge on any atom is 0.203 e. The quantitative estimate of drug-likeness (QED) is 0.673. The Hall–Kier alpha value is -2.51. The number of hydrogen-bond donors (Lipinski definition) is 0. The Morgan fingerprint density at radius 3 is 1.86 bits per heavy atom. The molecule has 6 nitrogen and oxygen atoms in total. The van der Waals surface area contributed by atoms with Crippen molar-refractivity contribution in [3.8, 4) is 23.0 Å². The van der Waals surface area contributed by atoms with Gasteiger partial charge in [0.1, 0.15) is 0 Å². The molecule has 0 atom stereocenters. The van der Waals surface area contributed by atoms with Crippen molar-refractivity contribution in [1.82, 2.24) is 9.80 Å². The van der Waals surface area contributed by atoms with Crippen LogP contribution in [0.5, 0.6) is 23.0 Å². The third-order valence-corrected chi connectivity index (χ3v) is 5.27. The molecule has 0 bridgehead atoms. The molecule has 3 rings (SSSR count). The van der Waals surface area contributed by atoms with Gasteiger partial charge in [-0.15, -0.1) is 0 Å². The van der Waals surface area contributed by atoms with Crippen LogP contribution in [0.4, 0.5) is 4.39 Å². The van der Waals surface area contributed by atoms with Crippen molar-refractivity contribution < 1.29 is 23.3 Å². The van der Waals surface area contributed by atoms with Gasteiger partial charge < -0.3 is 18.9 Å². The summed E-state index contributed by atoms with van der Waals surface area (Å²) in [7, 11) is 6.35. The Bertz CT molecular complexity index is 823. The predicted octanol–water partition coefficient (Wildman–Crippen LogP) is 3.18. The summed E-state index contributed by atoms with van der Waals surface area (Å²) in [6, 6.07) is 9.09. The van der Waals surface area contributed by atoms with Gasteiger partial charge in [-0.3, -0.25) is 9.80 Å². The fraction of sp³-hybridized carbons (Fsp3) is 0.455. The van der Waals surface area contributed by atoms with Gasteiger partial charge in [-0.2, -0.15) is 0 Å². The number of piperazine rings is 1. The zero-order valence-corrected chi connectivity index (χ0v) is 17.5. The zero-order valence-electron chi connectivity index (χ0n) is 17.5. The average molecular weight is 404 g/mol. The fourth-order valence-electron chi connectivity index (χ4n) is 3.70. The first kappa shape index (κ1) is 21.2. The van der Waals surface area contributed by atoms with E-state index in [1.807, 2.05) is 18.2 Å². The second-order valence-corrected chi connectivity index (χ2v) is 7.01. The summed E-state index contributed by atoms with van der Waals surface area (Å²) in [5.74, 6) is 1.95. The fourth-order valence-corrected chi connectivity index (χ4v) is 3.70. The number of benzene rings is 2. The van der Waals surface area contributed by atoms with Gasteiger partial charge in [-0.05, 0) is 23.8 Å². The molecule has 0 aliphatic carbocycles. The first-order valence-electron chi connectivity index (χ1n) is 9.64. The van der Waals surface area contributed by atoms with Crippen LogP contribution >= 0.6 is 0 Å². The summed E-state index contributed by atoms with van der Waals surface area (Å²) in [5.41, 5.74) is 2.02. The molecule has 0 amide bonds. The SMILES string of the molecule is COc1ccc(CN2CCN(Cc3ccc(OC)c(OC)c3OC)CC2)cc1F. The van der Waals surface area contributed by atoms with Crippen molar-refractivity contribution in [2.45, 2.75) is 13.1 Å². The van der Waals surface area contributed by atoms with Crippen LogP contribution in [0.2, 0.25) is 0 Å². The van der Waals surface area contributed by atoms with E-state index in [1.54, 1.807) is 33.5 Å². The van der Waals surface area contributed by atoms with Gasteiger partial charge >= 0.3 is 0 Å². The monoisotopic (exact) mass is 404 g/mol. The standard InChI is InChI=1S/C22H29FN2O4/c1-26-19-7-5-16(13-18(19)23)14-24-9-11-25(12-10-24)15-17-6-8-20(27-2)22(29-4)21(17)28-3/h5-8,13H,9-12,14-15H2,1-4H3. The van der Waals surface area contributed by atoms with Crippen molar-refractivity contribution in [3.05, 3.63) is 47.3 Å². The highest BCUT2D eigenvalue weighted by Gasteiger charge is 2.21. The van der Waals surface area contributed by atoms with Gasteiger partial charge in [0, 0.05) is 44.8 Å². The lowest BCUT2D eigenvalue weighted by molar-refractivity contribution is 0.121. The van der Waals surface area contributed by atoms with E-state index < -0.39 is 0 Å². The number of hydrogen-bond acceptors (Lipinski definition) is 6. The van der Waals surface area contributed by atoms with Gasteiger partial charge in [0.05, 0.1) is 28.4 Å². The highest BCUT2D eigenvalue weighted by Crippen LogP contribution is 2.40. The van der Waals surface area contributed by atoms with Crippen LogP contribution in [0.25, 0.3) is 0 Å². The van der Waals surface area contributed by atoms with Crippen LogP contribution in [0.1, 0.15) is 11.1 Å². The first-order valence-corrected chi connectivity index (χ1v) is 9.64. The molecule has 0 saturated carbocycles. The summed E-state index contributed by atoms with van der Waals surface area (Å²) in [6.07, 6.45) is 0. The normalized spacial score (nSPS) is 15.2. The molecular formula is C22H29FN2O4. The minimum absolute atomic E-state index is 0.280. The Labute approximate surface area is 171 Å². The van der Waals surface area contributed by atoms with Crippen molar-refractivity contribution >= 4 is 0 Å². The van der Waals surface area contributed by atoms with Gasteiger partial charge in [0.2, 0.25) is 5.75 Å². The molecule has 7 heteroatoms. The molecule has 2 aromatic carbocycles. The van der Waals surface area contributed by atoms with E-state index in [4.69, 9.17) is 18.9 Å². The topological polar surface area (TPSA) is 43.4 Å². The minimum atomic E-state index is -0.316. The summed E-state index contributed by atoms with van der Waals surface area (Å²) in [6.45, 7) is 5.20. The molecule has 1 aliphatic rings. The molecule has 0 radical (unpaired) electrons. The lowest BCUT2D eigenvalue weighted by Crippen LogP contribution is -2.45. The van der Waals surface area contributed by atoms with Crippen molar-refractivity contribution in [2.75, 3.05) is 54.6 Å². The largest absolute Gasteiger partial charge is 0.494 e. The molecule has 1 saturated heterocycles. The maximum absolute atomic E-state index is 13.9. The molecule has 1 aliphatic heterocycles. The Kier molecular flexibility index (Phi) is 7.17. The molecular weight excluding hydrogens is 375 g/mol. The molecule has 158 valence electrons. The van der Waals surface area contributed by atoms with Crippen molar-refractivity contribution in [1.29, 1.82) is 0 Å². The van der Waals surface area contributed by atoms with Gasteiger partial charge in [-0.1, -0.05) is 12.1 Å². The van der Waals surface area contributed by atoms with E-state index >= 15 is 0 Å². The number of nitrogens with zero attached hydrogens (tertiary/aromatic N) is 2. The second kappa shape index (κ2) is 9.80. The summed E-state index contributed by atoms with van der Waals surface area (Å²) >= 11 is 0. The molecule has 0 N–H and O–H groups in total. The van der Waals surface area contributed by atoms with E-state index in [0.29, 0.717) is 17.2 Å². The highest BCUT2D eigenvalue weighted by atomic mass is 19.1. The number of halogens is 1. The van der Waals surface area contributed by atoms with Crippen molar-refractivity contribution in [3.63, 3.8) is 0 Å². The lowest BCUT2D eigenvalue weighted by Gasteiger charge is -2.35. The summed E-state index contributed by atoms with van der Waals surface area (Å²) in [5, 5.41) is 0. The molecule has 1 heterocycles. The molecule has 1 fully saturated rings. The van der Waals surface area contributed by atoms with E-state index in [0.717, 1.165) is 50.4 Å². The van der Waals surface area contributed by atoms with Crippen LogP contribution < -0.4 is 18.9 Å². The third-order valence-electron chi connectivity index (χ3n) is 5.27. The predicted molar refractivity (Wildman–Crippen MR) is 110 cm³/mol. The lowest BCUT2D eigenvalue weighted by atomic mass is 10.1. The molecule has 0 spiro atoms. The summed E-state index contributed by atoms with van der Waals surface area (Å²) < 4.78 is 35.3. The minimum Gasteiger partial charge on any atom is -0.494 e. The van der Waals surface area contributed by atoms with E-state index in [1.165, 1.54) is 7.11 Å². The Morgan fingerprint density at radius 2 is 1.31 bits per heavy atom. The van der Waals surface area contributed by atoms with E-state index in [9.17, 15) is 4.39 Å². The third kappa shape index (κ3) is 4.92. The second-order valence-electron chi connectivity index (χ2n) is 7.01. The molecule has 29 heavy (non-hydrogen) atoms. The zero-order chi connectivity index (χ0) is 20.8. The smallest absolute Gasteiger partial charge is 0.203 e. The maximum atomic E-state index is 13.9. The number of ether oxygens (including phenoxy) is 4. The van der Waals surface area contributed by atoms with Gasteiger partial charge in [0.15, 0.2) is 23.1 Å². The molecule has 0 aromatic heterocycles. The Morgan fingerprint density at radius 1 is 0.724 bits per heavy atom. The average Bonchev–Trinajstić information content (AvgIpc) is 2.74. The highest BCUT2D eigenvalue weighted by molar-refractivity contribution is 5.55. The van der Waals surface area contributed by atoms with Crippen LogP contribution in [0.3, 0.4) is 0 Å². The number of rotatable bonds is 8. The van der Waals surface area contributed by atoms with Gasteiger partial charge in [-0.25, -0.2) is 4.39 Å². The molecule has 2 aromatic rings. The molecule has 0 unspecified atom stereocenters. The van der Waals surface area contributed by atoms with Crippen LogP contribution in [-0.2, 0) is 13.1 Å². The van der Waals surface area contributed by atoms with E-state index in [2.05, 4.69) is 9.80 Å². The van der Waals surface area contributed by atoms with Gasteiger partial charge in [0.25, 0.3) is 0 Å². The van der Waals surface area contributed by atoms with Crippen LogP contribution in [0.15, 0.2) is 30.3 Å². The Balaban J connectivity index is 1.59. The van der Waals surface area contributed by atoms with E-state index in [-0.39, 0.29) is 11.6 Å². The first-order chi connectivity index (χ1) is 14.1. The summed E-state index contributed by atoms with van der Waals surface area (Å²) in [4.78, 5) is 4.72.